The van der Waals surface area contributed by atoms with Crippen molar-refractivity contribution < 1.29 is 9.63 Å². The summed E-state index contributed by atoms with van der Waals surface area (Å²) in [6.45, 7) is 3.58. The van der Waals surface area contributed by atoms with Gasteiger partial charge in [0.25, 0.3) is 11.1 Å². The van der Waals surface area contributed by atoms with Crippen molar-refractivity contribution in [1.29, 1.82) is 0 Å². The fraction of sp³-hybridized carbons (Fsp3) is 0.152. The highest BCUT2D eigenvalue weighted by atomic mass is 16.6. The molecule has 0 saturated carbocycles. The Morgan fingerprint density at radius 1 is 0.756 bits per heavy atom. The second kappa shape index (κ2) is 12.3. The summed E-state index contributed by atoms with van der Waals surface area (Å²) in [5, 5.41) is 3.64. The monoisotopic (exact) mass is 546 g/mol. The molecular weight excluding hydrogens is 516 g/mol. The molecule has 5 rings (SSSR count). The van der Waals surface area contributed by atoms with E-state index in [1.54, 1.807) is 41.3 Å². The molecule has 0 aliphatic heterocycles. The number of para-hydroxylation sites is 4. The molecule has 0 saturated heterocycles. The number of aromatic nitrogens is 2. The third kappa shape index (κ3) is 5.86. The summed E-state index contributed by atoms with van der Waals surface area (Å²) in [5.74, 6) is -0.306. The van der Waals surface area contributed by atoms with Gasteiger partial charge >= 0.3 is 0 Å². The van der Waals surface area contributed by atoms with Gasteiger partial charge in [0, 0.05) is 17.4 Å². The summed E-state index contributed by atoms with van der Waals surface area (Å²) in [5.41, 5.74) is 1.58. The molecule has 0 aliphatic carbocycles. The Morgan fingerprint density at radius 3 is 1.95 bits per heavy atom. The lowest BCUT2D eigenvalue weighted by Crippen LogP contribution is -2.47. The van der Waals surface area contributed by atoms with E-state index in [0.29, 0.717) is 22.4 Å². The predicted octanol–water partition coefficient (Wildman–Crippen LogP) is 4.63. The highest BCUT2D eigenvalue weighted by Gasteiger charge is 2.22. The molecule has 4 aromatic carbocycles. The molecular formula is C33H30N4O4. The molecule has 0 fully saturated rings. The van der Waals surface area contributed by atoms with Crippen LogP contribution >= 0.6 is 0 Å². The van der Waals surface area contributed by atoms with E-state index in [2.05, 4.69) is 5.16 Å². The predicted molar refractivity (Wildman–Crippen MR) is 160 cm³/mol. The van der Waals surface area contributed by atoms with Crippen molar-refractivity contribution in [2.24, 2.45) is 5.16 Å². The number of rotatable bonds is 8. The van der Waals surface area contributed by atoms with E-state index in [1.807, 2.05) is 92.7 Å². The van der Waals surface area contributed by atoms with Crippen molar-refractivity contribution in [3.05, 3.63) is 147 Å². The first kappa shape index (κ1) is 27.3. The van der Waals surface area contributed by atoms with Crippen LogP contribution in [0.5, 0.6) is 0 Å². The van der Waals surface area contributed by atoms with Crippen LogP contribution in [0, 0.1) is 0 Å². The summed E-state index contributed by atoms with van der Waals surface area (Å²) in [6, 6.07) is 34.5. The lowest BCUT2D eigenvalue weighted by Gasteiger charge is -2.27. The third-order valence-corrected chi connectivity index (χ3v) is 6.62. The van der Waals surface area contributed by atoms with Gasteiger partial charge in [-0.3, -0.25) is 23.5 Å². The zero-order valence-corrected chi connectivity index (χ0v) is 22.9. The van der Waals surface area contributed by atoms with Crippen molar-refractivity contribution in [2.45, 2.75) is 33.0 Å². The molecule has 0 unspecified atom stereocenters. The maximum Gasteiger partial charge on any atom is 0.290 e. The van der Waals surface area contributed by atoms with Crippen LogP contribution in [0.1, 0.15) is 19.4 Å². The van der Waals surface area contributed by atoms with Gasteiger partial charge in [0.2, 0.25) is 11.3 Å². The van der Waals surface area contributed by atoms with Crippen LogP contribution in [-0.2, 0) is 22.8 Å². The van der Waals surface area contributed by atoms with Gasteiger partial charge in [-0.15, -0.1) is 0 Å². The van der Waals surface area contributed by atoms with Crippen molar-refractivity contribution in [2.75, 3.05) is 4.90 Å². The lowest BCUT2D eigenvalue weighted by atomic mass is 10.2. The number of anilines is 1. The Morgan fingerprint density at radius 2 is 1.32 bits per heavy atom. The minimum absolute atomic E-state index is 0.0667. The van der Waals surface area contributed by atoms with Crippen LogP contribution in [0.15, 0.2) is 130 Å². The van der Waals surface area contributed by atoms with Crippen LogP contribution < -0.4 is 21.4 Å². The van der Waals surface area contributed by atoms with Crippen LogP contribution in [-0.4, -0.2) is 21.1 Å². The lowest BCUT2D eigenvalue weighted by molar-refractivity contribution is -0.119. The average Bonchev–Trinajstić information content (AvgIpc) is 3.07. The first-order valence-electron chi connectivity index (χ1n) is 13.4. The molecule has 1 aromatic heterocycles. The normalized spacial score (nSPS) is 11.5. The molecule has 0 atom stereocenters. The van der Waals surface area contributed by atoms with Gasteiger partial charge in [-0.2, -0.15) is 0 Å². The van der Waals surface area contributed by atoms with Gasteiger partial charge in [0.05, 0.1) is 11.0 Å². The number of carbonyl (C=O) groups is 1. The average molecular weight is 547 g/mol. The molecule has 8 heteroatoms. The SMILES string of the molecule is CC(C)N(C(=O)Cn1c(=O)/c(=N/OCc2ccccc2)c(=O)n(-c2ccccc2)c2ccccc21)c1ccccc1. The van der Waals surface area contributed by atoms with Gasteiger partial charge in [0.15, 0.2) is 0 Å². The third-order valence-electron chi connectivity index (χ3n) is 6.62. The summed E-state index contributed by atoms with van der Waals surface area (Å²) < 4.78 is 2.74. The Bertz CT molecular complexity index is 1850. The molecule has 8 nitrogen and oxygen atoms in total. The second-order valence-electron chi connectivity index (χ2n) is 9.75. The number of hydrogen-bond acceptors (Lipinski definition) is 5. The Balaban J connectivity index is 1.74. The number of carbonyl (C=O) groups excluding carboxylic acids is 1. The summed E-state index contributed by atoms with van der Waals surface area (Å²) in [7, 11) is 0. The number of fused-ring (bicyclic) bond motifs is 1. The zero-order chi connectivity index (χ0) is 28.8. The maximum atomic E-state index is 14.1. The number of benzene rings is 4. The molecule has 41 heavy (non-hydrogen) atoms. The summed E-state index contributed by atoms with van der Waals surface area (Å²) in [4.78, 5) is 49.1. The molecule has 1 amide bonds. The van der Waals surface area contributed by atoms with Crippen LogP contribution in [0.4, 0.5) is 5.69 Å². The van der Waals surface area contributed by atoms with E-state index in [-0.39, 0.29) is 25.1 Å². The smallest absolute Gasteiger partial charge is 0.290 e. The summed E-state index contributed by atoms with van der Waals surface area (Å²) in [6.07, 6.45) is 0. The van der Waals surface area contributed by atoms with Crippen LogP contribution in [0.25, 0.3) is 16.7 Å². The van der Waals surface area contributed by atoms with E-state index in [1.165, 1.54) is 9.13 Å². The quantitative estimate of drug-likeness (QED) is 0.266. The molecule has 0 N–H and O–H groups in total. The second-order valence-corrected chi connectivity index (χ2v) is 9.75. The Labute approximate surface area is 237 Å². The molecule has 206 valence electrons. The van der Waals surface area contributed by atoms with Gasteiger partial charge in [-0.1, -0.05) is 84.0 Å². The molecule has 0 radical (unpaired) electrons. The van der Waals surface area contributed by atoms with Crippen LogP contribution in [0.3, 0.4) is 0 Å². The van der Waals surface area contributed by atoms with Gasteiger partial charge < -0.3 is 9.74 Å². The Kier molecular flexibility index (Phi) is 8.20. The molecule has 5 aromatic rings. The molecule has 0 spiro atoms. The van der Waals surface area contributed by atoms with E-state index in [9.17, 15) is 14.4 Å². The number of nitrogens with zero attached hydrogens (tertiary/aromatic N) is 4. The number of hydrogen-bond donors (Lipinski definition) is 0. The van der Waals surface area contributed by atoms with Crippen LogP contribution in [0.2, 0.25) is 0 Å². The molecule has 1 heterocycles. The fourth-order valence-corrected chi connectivity index (χ4v) is 4.77. The van der Waals surface area contributed by atoms with E-state index in [0.717, 1.165) is 5.56 Å². The standard InChI is InChI=1S/C33H30N4O4/c1-24(2)36(26-16-8-4-9-17-26)30(38)22-35-28-20-12-13-21-29(28)37(27-18-10-5-11-19-27)33(40)31(32(35)39)34-41-23-25-14-6-3-7-15-25/h3-21,24H,22-23H2,1-2H3/b34-31-. The minimum atomic E-state index is -0.723. The van der Waals surface area contributed by atoms with Crippen molar-refractivity contribution in [3.63, 3.8) is 0 Å². The van der Waals surface area contributed by atoms with Crippen molar-refractivity contribution >= 4 is 22.6 Å². The number of amides is 1. The molecule has 0 bridgehead atoms. The van der Waals surface area contributed by atoms with E-state index < -0.39 is 16.5 Å². The minimum Gasteiger partial charge on any atom is -0.390 e. The fourth-order valence-electron chi connectivity index (χ4n) is 4.77. The molecule has 0 aliphatic rings. The Hall–Kier alpha value is -5.24. The van der Waals surface area contributed by atoms with Gasteiger partial charge in [-0.05, 0) is 55.8 Å². The first-order chi connectivity index (χ1) is 20.0. The summed E-state index contributed by atoms with van der Waals surface area (Å²) >= 11 is 0. The highest BCUT2D eigenvalue weighted by molar-refractivity contribution is 5.94. The zero-order valence-electron chi connectivity index (χ0n) is 22.9. The maximum absolute atomic E-state index is 14.1. The first-order valence-corrected chi connectivity index (χ1v) is 13.4. The van der Waals surface area contributed by atoms with Gasteiger partial charge in [0.1, 0.15) is 13.2 Å². The highest BCUT2D eigenvalue weighted by Crippen LogP contribution is 2.19. The van der Waals surface area contributed by atoms with Crippen molar-refractivity contribution in [3.8, 4) is 5.69 Å². The van der Waals surface area contributed by atoms with E-state index >= 15 is 0 Å². The topological polar surface area (TPSA) is 85.9 Å². The largest absolute Gasteiger partial charge is 0.390 e. The van der Waals surface area contributed by atoms with E-state index in [4.69, 9.17) is 4.84 Å². The van der Waals surface area contributed by atoms with Gasteiger partial charge in [-0.25, -0.2) is 0 Å². The van der Waals surface area contributed by atoms with Crippen molar-refractivity contribution in [1.82, 2.24) is 9.13 Å².